The molecule has 0 bridgehead atoms. The topological polar surface area (TPSA) is 37.4 Å². The molecule has 3 nitrogen and oxygen atoms in total. The first-order chi connectivity index (χ1) is 6.69. The minimum atomic E-state index is 0.156. The lowest BCUT2D eigenvalue weighted by Gasteiger charge is -2.29. The standard InChI is InChI=1S/C11H19NO2/c1-3-9(4-2)11(14)12-7-5-10(13)6-8-12/h9H,3-8H2,1-2H3. The van der Waals surface area contributed by atoms with Crippen LogP contribution in [0.15, 0.2) is 0 Å². The maximum absolute atomic E-state index is 11.9. The maximum atomic E-state index is 11.9. The predicted molar refractivity (Wildman–Crippen MR) is 54.9 cm³/mol. The molecule has 0 spiro atoms. The first-order valence-corrected chi connectivity index (χ1v) is 5.49. The van der Waals surface area contributed by atoms with E-state index in [0.717, 1.165) is 12.8 Å². The molecule has 1 rings (SSSR count). The van der Waals surface area contributed by atoms with Crippen LogP contribution in [-0.2, 0) is 9.59 Å². The van der Waals surface area contributed by atoms with Crippen molar-refractivity contribution in [2.45, 2.75) is 39.5 Å². The van der Waals surface area contributed by atoms with Crippen LogP contribution in [0.25, 0.3) is 0 Å². The SMILES string of the molecule is CCC(CC)C(=O)N1CCC(=O)CC1. The van der Waals surface area contributed by atoms with Crippen molar-refractivity contribution in [3.8, 4) is 0 Å². The van der Waals surface area contributed by atoms with Gasteiger partial charge >= 0.3 is 0 Å². The zero-order chi connectivity index (χ0) is 10.6. The molecule has 0 aromatic heterocycles. The number of amides is 1. The van der Waals surface area contributed by atoms with E-state index in [-0.39, 0.29) is 11.8 Å². The average molecular weight is 197 g/mol. The van der Waals surface area contributed by atoms with Gasteiger partial charge in [0.15, 0.2) is 0 Å². The molecule has 0 saturated carbocycles. The number of ketones is 1. The van der Waals surface area contributed by atoms with Gasteiger partial charge in [-0.05, 0) is 12.8 Å². The highest BCUT2D eigenvalue weighted by molar-refractivity contribution is 5.84. The van der Waals surface area contributed by atoms with E-state index in [1.807, 2.05) is 18.7 Å². The first kappa shape index (κ1) is 11.2. The molecule has 80 valence electrons. The Labute approximate surface area is 85.5 Å². The van der Waals surface area contributed by atoms with Crippen LogP contribution in [0.2, 0.25) is 0 Å². The van der Waals surface area contributed by atoms with E-state index in [4.69, 9.17) is 0 Å². The molecule has 0 aromatic carbocycles. The normalized spacial score (nSPS) is 17.6. The zero-order valence-electron chi connectivity index (χ0n) is 9.08. The summed E-state index contributed by atoms with van der Waals surface area (Å²) in [5.74, 6) is 0.685. The Kier molecular flexibility index (Phi) is 4.11. The monoisotopic (exact) mass is 197 g/mol. The highest BCUT2D eigenvalue weighted by atomic mass is 16.2. The van der Waals surface area contributed by atoms with Gasteiger partial charge in [-0.3, -0.25) is 9.59 Å². The Morgan fingerprint density at radius 1 is 1.29 bits per heavy atom. The van der Waals surface area contributed by atoms with Crippen LogP contribution < -0.4 is 0 Å². The van der Waals surface area contributed by atoms with Crippen molar-refractivity contribution in [3.63, 3.8) is 0 Å². The molecule has 0 unspecified atom stereocenters. The molecule has 0 N–H and O–H groups in total. The fraction of sp³-hybridized carbons (Fsp3) is 0.818. The second-order valence-corrected chi connectivity index (χ2v) is 3.88. The molecule has 3 heteroatoms. The van der Waals surface area contributed by atoms with Crippen molar-refractivity contribution in [1.29, 1.82) is 0 Å². The number of Topliss-reactive ketones (excluding diaryl/α,β-unsaturated/α-hetero) is 1. The average Bonchev–Trinajstić information content (AvgIpc) is 2.20. The van der Waals surface area contributed by atoms with Gasteiger partial charge in [0.25, 0.3) is 0 Å². The predicted octanol–water partition coefficient (Wildman–Crippen LogP) is 1.61. The molecule has 1 fully saturated rings. The van der Waals surface area contributed by atoms with Gasteiger partial charge in [-0.15, -0.1) is 0 Å². The molecular weight excluding hydrogens is 178 g/mol. The smallest absolute Gasteiger partial charge is 0.225 e. The quantitative estimate of drug-likeness (QED) is 0.689. The van der Waals surface area contributed by atoms with E-state index >= 15 is 0 Å². The third-order valence-corrected chi connectivity index (χ3v) is 2.97. The van der Waals surface area contributed by atoms with Crippen LogP contribution in [0.3, 0.4) is 0 Å². The Morgan fingerprint density at radius 2 is 1.79 bits per heavy atom. The fourth-order valence-corrected chi connectivity index (χ4v) is 1.87. The van der Waals surface area contributed by atoms with Gasteiger partial charge in [0.2, 0.25) is 5.91 Å². The number of carbonyl (C=O) groups excluding carboxylic acids is 2. The summed E-state index contributed by atoms with van der Waals surface area (Å²) in [4.78, 5) is 24.7. The van der Waals surface area contributed by atoms with Crippen molar-refractivity contribution in [2.75, 3.05) is 13.1 Å². The molecule has 0 aliphatic carbocycles. The number of nitrogens with zero attached hydrogens (tertiary/aromatic N) is 1. The van der Waals surface area contributed by atoms with E-state index in [0.29, 0.717) is 31.7 Å². The summed E-state index contributed by atoms with van der Waals surface area (Å²) < 4.78 is 0. The van der Waals surface area contributed by atoms with E-state index in [2.05, 4.69) is 0 Å². The highest BCUT2D eigenvalue weighted by Crippen LogP contribution is 2.15. The molecular formula is C11H19NO2. The van der Waals surface area contributed by atoms with E-state index in [1.165, 1.54) is 0 Å². The number of rotatable bonds is 3. The van der Waals surface area contributed by atoms with Gasteiger partial charge in [0, 0.05) is 31.8 Å². The van der Waals surface area contributed by atoms with Gasteiger partial charge in [-0.25, -0.2) is 0 Å². The maximum Gasteiger partial charge on any atom is 0.225 e. The van der Waals surface area contributed by atoms with Gasteiger partial charge < -0.3 is 4.90 Å². The molecule has 0 atom stereocenters. The van der Waals surface area contributed by atoms with Crippen LogP contribution in [-0.4, -0.2) is 29.7 Å². The summed E-state index contributed by atoms with van der Waals surface area (Å²) in [5, 5.41) is 0. The Balaban J connectivity index is 2.48. The third kappa shape index (κ3) is 2.56. The summed E-state index contributed by atoms with van der Waals surface area (Å²) in [6, 6.07) is 0. The van der Waals surface area contributed by atoms with Crippen molar-refractivity contribution in [2.24, 2.45) is 5.92 Å². The fourth-order valence-electron chi connectivity index (χ4n) is 1.87. The molecule has 0 radical (unpaired) electrons. The Bertz CT molecular complexity index is 211. The lowest BCUT2D eigenvalue weighted by molar-refractivity contribution is -0.138. The lowest BCUT2D eigenvalue weighted by Crippen LogP contribution is -2.41. The van der Waals surface area contributed by atoms with Crippen LogP contribution in [0.4, 0.5) is 0 Å². The largest absolute Gasteiger partial charge is 0.342 e. The molecule has 1 saturated heterocycles. The number of carbonyl (C=O) groups is 2. The number of likely N-dealkylation sites (tertiary alicyclic amines) is 1. The summed E-state index contributed by atoms with van der Waals surface area (Å²) >= 11 is 0. The van der Waals surface area contributed by atoms with Crippen LogP contribution in [0, 0.1) is 5.92 Å². The number of hydrogen-bond acceptors (Lipinski definition) is 2. The van der Waals surface area contributed by atoms with E-state index in [9.17, 15) is 9.59 Å². The lowest BCUT2D eigenvalue weighted by atomic mass is 10.00. The molecule has 1 heterocycles. The third-order valence-electron chi connectivity index (χ3n) is 2.97. The van der Waals surface area contributed by atoms with Crippen molar-refractivity contribution in [1.82, 2.24) is 4.90 Å². The molecule has 1 amide bonds. The summed E-state index contributed by atoms with van der Waals surface area (Å²) in [6.07, 6.45) is 2.90. The second kappa shape index (κ2) is 5.13. The summed E-state index contributed by atoms with van der Waals surface area (Å²) in [5.41, 5.74) is 0. The van der Waals surface area contributed by atoms with E-state index < -0.39 is 0 Å². The first-order valence-electron chi connectivity index (χ1n) is 5.49. The van der Waals surface area contributed by atoms with Crippen molar-refractivity contribution >= 4 is 11.7 Å². The van der Waals surface area contributed by atoms with Gasteiger partial charge in [-0.2, -0.15) is 0 Å². The van der Waals surface area contributed by atoms with Gasteiger partial charge in [0.05, 0.1) is 0 Å². The van der Waals surface area contributed by atoms with E-state index in [1.54, 1.807) is 0 Å². The minimum Gasteiger partial charge on any atom is -0.342 e. The summed E-state index contributed by atoms with van der Waals surface area (Å²) in [7, 11) is 0. The molecule has 1 aliphatic rings. The minimum absolute atomic E-state index is 0.156. The Hall–Kier alpha value is -0.860. The highest BCUT2D eigenvalue weighted by Gasteiger charge is 2.24. The molecule has 1 aliphatic heterocycles. The van der Waals surface area contributed by atoms with Crippen molar-refractivity contribution < 1.29 is 9.59 Å². The van der Waals surface area contributed by atoms with Crippen molar-refractivity contribution in [3.05, 3.63) is 0 Å². The zero-order valence-corrected chi connectivity index (χ0v) is 9.08. The van der Waals surface area contributed by atoms with Crippen LogP contribution in [0.5, 0.6) is 0 Å². The number of piperidine rings is 1. The van der Waals surface area contributed by atoms with Crippen LogP contribution in [0.1, 0.15) is 39.5 Å². The van der Waals surface area contributed by atoms with Gasteiger partial charge in [-0.1, -0.05) is 13.8 Å². The Morgan fingerprint density at radius 3 is 2.21 bits per heavy atom. The molecule has 0 aromatic rings. The van der Waals surface area contributed by atoms with Gasteiger partial charge in [0.1, 0.15) is 5.78 Å². The van der Waals surface area contributed by atoms with Crippen LogP contribution >= 0.6 is 0 Å². The summed E-state index contributed by atoms with van der Waals surface area (Å²) in [6.45, 7) is 5.35. The molecule has 14 heavy (non-hydrogen) atoms. The second-order valence-electron chi connectivity index (χ2n) is 3.88. The number of hydrogen-bond donors (Lipinski definition) is 0.